The van der Waals surface area contributed by atoms with Crippen LogP contribution in [-0.4, -0.2) is 83.8 Å². The summed E-state index contributed by atoms with van der Waals surface area (Å²) < 4.78 is 30.7. The largest absolute Gasteiger partial charge is 0.460 e. The summed E-state index contributed by atoms with van der Waals surface area (Å²) >= 11 is 0. The Morgan fingerprint density at radius 1 is 0.667 bits per heavy atom. The van der Waals surface area contributed by atoms with Crippen LogP contribution in [0.15, 0.2) is 43.0 Å². The normalized spacial score (nSPS) is 10.4. The van der Waals surface area contributed by atoms with Gasteiger partial charge in [-0.2, -0.15) is 0 Å². The minimum absolute atomic E-state index is 0.00664. The van der Waals surface area contributed by atoms with Crippen LogP contribution in [0.25, 0.3) is 0 Å². The lowest BCUT2D eigenvalue weighted by Crippen LogP contribution is -2.20. The van der Waals surface area contributed by atoms with Crippen molar-refractivity contribution < 1.29 is 42.8 Å². The molecule has 0 fully saturated rings. The van der Waals surface area contributed by atoms with Gasteiger partial charge in [0, 0.05) is 11.6 Å². The zero-order chi connectivity index (χ0) is 21.9. The summed E-state index contributed by atoms with van der Waals surface area (Å²) in [6.45, 7) is 6.23. The van der Waals surface area contributed by atoms with Gasteiger partial charge in [-0.05, 0) is 0 Å². The highest BCUT2D eigenvalue weighted by Crippen LogP contribution is 2.01. The minimum atomic E-state index is -0.903. The van der Waals surface area contributed by atoms with Gasteiger partial charge in [0.2, 0.25) is 0 Å². The molecule has 0 aromatic heterocycles. The molecule has 9 nitrogen and oxygen atoms in total. The quantitative estimate of drug-likeness (QED) is 0.113. The maximum absolute atomic E-state index is 11.8. The van der Waals surface area contributed by atoms with Gasteiger partial charge in [0.25, 0.3) is 5.78 Å². The van der Waals surface area contributed by atoms with Crippen molar-refractivity contribution in [2.45, 2.75) is 0 Å². The average molecular weight is 424 g/mol. The Bertz CT molecular complexity index is 631. The first kappa shape index (κ1) is 25.4. The summed E-state index contributed by atoms with van der Waals surface area (Å²) in [5.74, 6) is -2.06. The van der Waals surface area contributed by atoms with Crippen LogP contribution >= 0.6 is 0 Å². The van der Waals surface area contributed by atoms with Gasteiger partial charge in [-0.25, -0.2) is 9.59 Å². The molecule has 0 heterocycles. The Morgan fingerprint density at radius 3 is 1.57 bits per heavy atom. The van der Waals surface area contributed by atoms with E-state index < -0.39 is 17.7 Å². The number of hydrogen-bond acceptors (Lipinski definition) is 9. The number of carbonyl (C=O) groups excluding carboxylic acids is 3. The molecule has 0 saturated heterocycles. The van der Waals surface area contributed by atoms with Gasteiger partial charge in [-0.3, -0.25) is 4.79 Å². The van der Waals surface area contributed by atoms with Gasteiger partial charge in [0.05, 0.1) is 52.9 Å². The number of hydrogen-bond donors (Lipinski definition) is 0. The maximum atomic E-state index is 11.8. The van der Waals surface area contributed by atoms with Crippen molar-refractivity contribution in [3.8, 4) is 0 Å². The summed E-state index contributed by atoms with van der Waals surface area (Å²) in [4.78, 5) is 34.2. The number of Topliss-reactive ketones (excluding diaryl/α,β-unsaturated/α-hetero) is 1. The average Bonchev–Trinajstić information content (AvgIpc) is 2.78. The second-order valence-electron chi connectivity index (χ2n) is 5.65. The zero-order valence-electron chi connectivity index (χ0n) is 16.9. The molecule has 0 amide bonds. The summed E-state index contributed by atoms with van der Waals surface area (Å²) in [5, 5.41) is 0. The van der Waals surface area contributed by atoms with Gasteiger partial charge >= 0.3 is 11.9 Å². The Hall–Kier alpha value is -2.59. The van der Waals surface area contributed by atoms with Crippen molar-refractivity contribution in [2.24, 2.45) is 0 Å². The van der Waals surface area contributed by atoms with E-state index in [1.54, 1.807) is 30.3 Å². The zero-order valence-corrected chi connectivity index (χ0v) is 16.9. The predicted molar refractivity (Wildman–Crippen MR) is 106 cm³/mol. The molecule has 0 aliphatic heterocycles. The molecule has 0 aliphatic carbocycles. The topological polar surface area (TPSA) is 107 Å². The van der Waals surface area contributed by atoms with Crippen molar-refractivity contribution in [1.29, 1.82) is 0 Å². The first-order chi connectivity index (χ1) is 14.6. The summed E-state index contributed by atoms with van der Waals surface area (Å²) in [7, 11) is 0. The highest BCUT2D eigenvalue weighted by Gasteiger charge is 2.16. The maximum Gasteiger partial charge on any atom is 0.379 e. The van der Waals surface area contributed by atoms with Crippen molar-refractivity contribution in [1.82, 2.24) is 0 Å². The Labute approximate surface area is 175 Å². The van der Waals surface area contributed by atoms with E-state index in [2.05, 4.69) is 6.58 Å². The van der Waals surface area contributed by atoms with Crippen LogP contribution in [0.1, 0.15) is 10.4 Å². The van der Waals surface area contributed by atoms with Crippen LogP contribution in [0.5, 0.6) is 0 Å². The molecule has 0 atom stereocenters. The number of rotatable bonds is 18. The van der Waals surface area contributed by atoms with Crippen molar-refractivity contribution in [3.05, 3.63) is 48.6 Å². The van der Waals surface area contributed by atoms with Crippen molar-refractivity contribution in [3.63, 3.8) is 0 Å². The molecule has 1 rings (SSSR count). The van der Waals surface area contributed by atoms with Gasteiger partial charge in [0.1, 0.15) is 13.2 Å². The minimum Gasteiger partial charge on any atom is -0.460 e. The lowest BCUT2D eigenvalue weighted by molar-refractivity contribution is -0.140. The van der Waals surface area contributed by atoms with E-state index in [9.17, 15) is 14.4 Å². The van der Waals surface area contributed by atoms with Crippen LogP contribution in [0, 0.1) is 0 Å². The Balaban J connectivity index is 1.82. The third-order valence-corrected chi connectivity index (χ3v) is 3.44. The van der Waals surface area contributed by atoms with Crippen LogP contribution in [0.2, 0.25) is 0 Å². The number of ketones is 1. The summed E-state index contributed by atoms with van der Waals surface area (Å²) in [6.07, 6.45) is 1.10. The van der Waals surface area contributed by atoms with E-state index in [1.807, 2.05) is 0 Å². The molecule has 1 aromatic carbocycles. The van der Waals surface area contributed by atoms with E-state index in [-0.39, 0.29) is 19.8 Å². The van der Waals surface area contributed by atoms with E-state index in [1.165, 1.54) is 0 Å². The Morgan fingerprint density at radius 2 is 1.10 bits per heavy atom. The molecular formula is C21H28O9. The second-order valence-corrected chi connectivity index (χ2v) is 5.65. The molecule has 166 valence electrons. The SMILES string of the molecule is C=CC(=O)OCCOCCOCCOCCOCCOC(=O)C(=O)c1ccccc1. The highest BCUT2D eigenvalue weighted by atomic mass is 16.6. The smallest absolute Gasteiger partial charge is 0.379 e. The van der Waals surface area contributed by atoms with E-state index in [0.717, 1.165) is 6.08 Å². The molecule has 0 spiro atoms. The molecule has 0 bridgehead atoms. The van der Waals surface area contributed by atoms with Crippen LogP contribution in [0.3, 0.4) is 0 Å². The molecular weight excluding hydrogens is 396 g/mol. The third-order valence-electron chi connectivity index (χ3n) is 3.44. The first-order valence-electron chi connectivity index (χ1n) is 9.51. The molecule has 9 heteroatoms. The van der Waals surface area contributed by atoms with Crippen LogP contribution in [0.4, 0.5) is 0 Å². The van der Waals surface area contributed by atoms with Gasteiger partial charge in [-0.15, -0.1) is 0 Å². The lowest BCUT2D eigenvalue weighted by Gasteiger charge is -2.08. The van der Waals surface area contributed by atoms with E-state index in [0.29, 0.717) is 51.8 Å². The van der Waals surface area contributed by atoms with Crippen molar-refractivity contribution >= 4 is 17.7 Å². The van der Waals surface area contributed by atoms with Gasteiger partial charge in [0.15, 0.2) is 0 Å². The molecule has 0 aliphatic rings. The molecule has 1 aromatic rings. The number of ether oxygens (including phenoxy) is 6. The second kappa shape index (κ2) is 17.3. The number of esters is 2. The molecule has 0 radical (unpaired) electrons. The standard InChI is InChI=1S/C21H28O9/c1-2-19(22)29-16-14-27-12-10-25-8-9-26-11-13-28-15-17-30-21(24)20(23)18-6-4-3-5-7-18/h2-7H,1,8-17H2. The monoisotopic (exact) mass is 424 g/mol. The number of carbonyl (C=O) groups is 3. The first-order valence-corrected chi connectivity index (χ1v) is 9.51. The fourth-order valence-corrected chi connectivity index (χ4v) is 1.99. The summed E-state index contributed by atoms with van der Waals surface area (Å²) in [6, 6.07) is 8.22. The lowest BCUT2D eigenvalue weighted by atomic mass is 10.1. The van der Waals surface area contributed by atoms with Crippen molar-refractivity contribution in [2.75, 3.05) is 66.1 Å². The van der Waals surface area contributed by atoms with E-state index >= 15 is 0 Å². The van der Waals surface area contributed by atoms with Crippen LogP contribution < -0.4 is 0 Å². The van der Waals surface area contributed by atoms with Crippen LogP contribution in [-0.2, 0) is 38.0 Å². The molecule has 0 saturated carbocycles. The fraction of sp³-hybridized carbons (Fsp3) is 0.476. The van der Waals surface area contributed by atoms with Gasteiger partial charge < -0.3 is 28.4 Å². The third kappa shape index (κ3) is 12.8. The Kier molecular flexibility index (Phi) is 14.7. The summed E-state index contributed by atoms with van der Waals surface area (Å²) in [5.41, 5.74) is 0.291. The van der Waals surface area contributed by atoms with Gasteiger partial charge in [-0.1, -0.05) is 36.9 Å². The molecule has 30 heavy (non-hydrogen) atoms. The van der Waals surface area contributed by atoms with E-state index in [4.69, 9.17) is 28.4 Å². The molecule has 0 unspecified atom stereocenters. The number of benzene rings is 1. The fourth-order valence-electron chi connectivity index (χ4n) is 1.99. The molecule has 0 N–H and O–H groups in total. The highest BCUT2D eigenvalue weighted by molar-refractivity contribution is 6.40. The predicted octanol–water partition coefficient (Wildman–Crippen LogP) is 1.21.